The van der Waals surface area contributed by atoms with Crippen molar-refractivity contribution in [3.8, 4) is 0 Å². The molecule has 1 aliphatic carbocycles. The van der Waals surface area contributed by atoms with E-state index in [-0.39, 0.29) is 35.2 Å². The molecule has 2 atom stereocenters. The molecule has 27 heavy (non-hydrogen) atoms. The smallest absolute Gasteiger partial charge is 0.240 e. The Balaban J connectivity index is 0.00000261. The van der Waals surface area contributed by atoms with Crippen molar-refractivity contribution in [2.75, 3.05) is 33.2 Å². The summed E-state index contributed by atoms with van der Waals surface area (Å²) in [5, 5.41) is 3.39. The molecule has 2 fully saturated rings. The zero-order valence-electron chi connectivity index (χ0n) is 16.0. The minimum absolute atomic E-state index is 0. The van der Waals surface area contributed by atoms with Crippen LogP contribution in [0.1, 0.15) is 31.2 Å². The van der Waals surface area contributed by atoms with Gasteiger partial charge in [0, 0.05) is 26.7 Å². The number of likely N-dealkylation sites (N-methyl/N-ethyl adjacent to an activating group) is 1. The molecule has 3 rings (SSSR count). The average molecular weight is 416 g/mol. The van der Waals surface area contributed by atoms with Crippen molar-refractivity contribution in [3.63, 3.8) is 0 Å². The van der Waals surface area contributed by atoms with E-state index in [9.17, 15) is 13.2 Å². The average Bonchev–Trinajstić information content (AvgIpc) is 3.06. The van der Waals surface area contributed by atoms with Crippen molar-refractivity contribution >= 4 is 28.3 Å². The van der Waals surface area contributed by atoms with Crippen LogP contribution in [0, 0.1) is 18.3 Å². The number of carbonyl (C=O) groups is 1. The van der Waals surface area contributed by atoms with Gasteiger partial charge >= 0.3 is 0 Å². The SMILES string of the molecule is Cc1ccc(S(=O)(=O)NCCN(C)C(=O)[C@@]23CCCC[C@H]2CNC3)cc1.Cl. The molecule has 0 spiro atoms. The van der Waals surface area contributed by atoms with Gasteiger partial charge in [0.05, 0.1) is 10.3 Å². The Morgan fingerprint density at radius 3 is 2.70 bits per heavy atom. The van der Waals surface area contributed by atoms with Crippen LogP contribution in [0.2, 0.25) is 0 Å². The summed E-state index contributed by atoms with van der Waals surface area (Å²) in [7, 11) is -1.76. The quantitative estimate of drug-likeness (QED) is 0.744. The lowest BCUT2D eigenvalue weighted by molar-refractivity contribution is -0.143. The van der Waals surface area contributed by atoms with Crippen LogP contribution in [0.5, 0.6) is 0 Å². The first-order valence-electron chi connectivity index (χ1n) is 9.38. The van der Waals surface area contributed by atoms with Gasteiger partial charge in [-0.2, -0.15) is 0 Å². The molecule has 1 amide bonds. The Hall–Kier alpha value is -1.15. The van der Waals surface area contributed by atoms with Crippen molar-refractivity contribution in [2.24, 2.45) is 11.3 Å². The van der Waals surface area contributed by atoms with Crippen LogP contribution in [0.4, 0.5) is 0 Å². The van der Waals surface area contributed by atoms with E-state index in [2.05, 4.69) is 10.0 Å². The second kappa shape index (κ2) is 8.90. The first-order chi connectivity index (χ1) is 12.3. The fourth-order valence-electron chi connectivity index (χ4n) is 4.30. The normalized spacial score (nSPS) is 24.7. The Bertz CT molecular complexity index is 754. The van der Waals surface area contributed by atoms with Crippen LogP contribution >= 0.6 is 12.4 Å². The highest BCUT2D eigenvalue weighted by Crippen LogP contribution is 2.44. The van der Waals surface area contributed by atoms with Crippen molar-refractivity contribution in [3.05, 3.63) is 29.8 Å². The number of hydrogen-bond donors (Lipinski definition) is 2. The number of nitrogens with one attached hydrogen (secondary N) is 2. The summed E-state index contributed by atoms with van der Waals surface area (Å²) in [6.07, 6.45) is 4.33. The maximum atomic E-state index is 13.1. The molecule has 1 heterocycles. The van der Waals surface area contributed by atoms with Gasteiger partial charge in [0.25, 0.3) is 0 Å². The Kier molecular flexibility index (Phi) is 7.30. The van der Waals surface area contributed by atoms with Crippen LogP contribution in [-0.4, -0.2) is 52.5 Å². The Morgan fingerprint density at radius 1 is 1.30 bits per heavy atom. The van der Waals surface area contributed by atoms with E-state index in [0.29, 0.717) is 12.5 Å². The number of amides is 1. The zero-order chi connectivity index (χ0) is 18.8. The Morgan fingerprint density at radius 2 is 2.00 bits per heavy atom. The topological polar surface area (TPSA) is 78.5 Å². The molecule has 8 heteroatoms. The van der Waals surface area contributed by atoms with E-state index >= 15 is 0 Å². The molecule has 6 nitrogen and oxygen atoms in total. The van der Waals surface area contributed by atoms with Crippen LogP contribution in [0.25, 0.3) is 0 Å². The zero-order valence-corrected chi connectivity index (χ0v) is 17.7. The summed E-state index contributed by atoms with van der Waals surface area (Å²) in [5.74, 6) is 0.567. The second-order valence-corrected chi connectivity index (χ2v) is 9.43. The minimum atomic E-state index is -3.54. The number of nitrogens with zero attached hydrogens (tertiary/aromatic N) is 1. The number of benzene rings is 1. The molecule has 1 aromatic carbocycles. The number of carbonyl (C=O) groups excluding carboxylic acids is 1. The van der Waals surface area contributed by atoms with Crippen molar-refractivity contribution in [2.45, 2.75) is 37.5 Å². The molecule has 1 aliphatic heterocycles. The second-order valence-electron chi connectivity index (χ2n) is 7.67. The summed E-state index contributed by atoms with van der Waals surface area (Å²) < 4.78 is 27.3. The van der Waals surface area contributed by atoms with Gasteiger partial charge < -0.3 is 10.2 Å². The molecular formula is C19H30ClN3O3S. The van der Waals surface area contributed by atoms with Crippen molar-refractivity contribution in [1.82, 2.24) is 14.9 Å². The van der Waals surface area contributed by atoms with Crippen LogP contribution in [-0.2, 0) is 14.8 Å². The van der Waals surface area contributed by atoms with Gasteiger partial charge in [-0.25, -0.2) is 13.1 Å². The largest absolute Gasteiger partial charge is 0.344 e. The van der Waals surface area contributed by atoms with E-state index in [1.54, 1.807) is 36.2 Å². The first-order valence-corrected chi connectivity index (χ1v) is 10.9. The molecule has 0 bridgehead atoms. The Labute approximate surface area is 168 Å². The lowest BCUT2D eigenvalue weighted by Gasteiger charge is -2.39. The van der Waals surface area contributed by atoms with E-state index in [4.69, 9.17) is 0 Å². The number of fused-ring (bicyclic) bond motifs is 1. The predicted octanol–water partition coefficient (Wildman–Crippen LogP) is 1.93. The fraction of sp³-hybridized carbons (Fsp3) is 0.632. The van der Waals surface area contributed by atoms with E-state index < -0.39 is 10.0 Å². The monoisotopic (exact) mass is 415 g/mol. The lowest BCUT2D eigenvalue weighted by atomic mass is 9.67. The van der Waals surface area contributed by atoms with Crippen molar-refractivity contribution < 1.29 is 13.2 Å². The molecule has 0 aromatic heterocycles. The minimum Gasteiger partial charge on any atom is -0.344 e. The van der Waals surface area contributed by atoms with Gasteiger partial charge in [-0.3, -0.25) is 4.79 Å². The number of rotatable bonds is 6. The van der Waals surface area contributed by atoms with Gasteiger partial charge in [-0.15, -0.1) is 12.4 Å². The number of halogens is 1. The maximum Gasteiger partial charge on any atom is 0.240 e. The molecule has 0 radical (unpaired) electrons. The predicted molar refractivity (Wildman–Crippen MR) is 109 cm³/mol. The highest BCUT2D eigenvalue weighted by Gasteiger charge is 2.50. The third kappa shape index (κ3) is 4.65. The highest BCUT2D eigenvalue weighted by molar-refractivity contribution is 7.89. The molecule has 0 unspecified atom stereocenters. The van der Waals surface area contributed by atoms with E-state index in [1.807, 2.05) is 6.92 Å². The van der Waals surface area contributed by atoms with Crippen LogP contribution in [0.3, 0.4) is 0 Å². The standard InChI is InChI=1S/C19H29N3O3S.ClH/c1-15-6-8-17(9-7-15)26(24,25)21-11-12-22(2)18(23)19-10-4-3-5-16(19)13-20-14-19;/h6-9,16,20-21H,3-5,10-14H2,1-2H3;1H/t16-,19+;/m0./s1. The number of aryl methyl sites for hydroxylation is 1. The van der Waals surface area contributed by atoms with Gasteiger partial charge in [-0.05, 0) is 44.4 Å². The number of sulfonamides is 1. The van der Waals surface area contributed by atoms with E-state index in [0.717, 1.165) is 37.9 Å². The molecule has 1 aromatic rings. The molecular weight excluding hydrogens is 386 g/mol. The molecule has 2 N–H and O–H groups in total. The summed E-state index contributed by atoms with van der Waals surface area (Å²) in [6, 6.07) is 6.75. The molecule has 2 aliphatic rings. The third-order valence-corrected chi connectivity index (χ3v) is 7.36. The fourth-order valence-corrected chi connectivity index (χ4v) is 5.32. The lowest BCUT2D eigenvalue weighted by Crippen LogP contribution is -2.49. The highest BCUT2D eigenvalue weighted by atomic mass is 35.5. The van der Waals surface area contributed by atoms with Crippen LogP contribution < -0.4 is 10.0 Å². The summed E-state index contributed by atoms with van der Waals surface area (Å²) in [6.45, 7) is 4.17. The number of hydrogen-bond acceptors (Lipinski definition) is 4. The summed E-state index contributed by atoms with van der Waals surface area (Å²) >= 11 is 0. The molecule has 152 valence electrons. The van der Waals surface area contributed by atoms with Gasteiger partial charge in [-0.1, -0.05) is 30.5 Å². The third-order valence-electron chi connectivity index (χ3n) is 5.88. The first kappa shape index (κ1) is 22.1. The van der Waals surface area contributed by atoms with Crippen molar-refractivity contribution in [1.29, 1.82) is 0 Å². The van der Waals surface area contributed by atoms with Gasteiger partial charge in [0.1, 0.15) is 0 Å². The van der Waals surface area contributed by atoms with Crippen LogP contribution in [0.15, 0.2) is 29.2 Å². The van der Waals surface area contributed by atoms with Gasteiger partial charge in [0.2, 0.25) is 15.9 Å². The molecule has 1 saturated heterocycles. The summed E-state index contributed by atoms with van der Waals surface area (Å²) in [5.41, 5.74) is 0.726. The van der Waals surface area contributed by atoms with E-state index in [1.165, 1.54) is 6.42 Å². The molecule has 1 saturated carbocycles. The maximum absolute atomic E-state index is 13.1. The van der Waals surface area contributed by atoms with Gasteiger partial charge in [0.15, 0.2) is 0 Å². The summed E-state index contributed by atoms with van der Waals surface area (Å²) in [4.78, 5) is 15.0.